The molecule has 0 spiro atoms. The van der Waals surface area contributed by atoms with Crippen LogP contribution >= 0.6 is 0 Å². The molecule has 8 nitrogen and oxygen atoms in total. The third-order valence-corrected chi connectivity index (χ3v) is 5.73. The molecule has 0 saturated carbocycles. The number of ether oxygens (including phenoxy) is 1. The number of piperidine rings is 1. The van der Waals surface area contributed by atoms with Crippen LogP contribution < -0.4 is 15.4 Å². The maximum absolute atomic E-state index is 12.8. The highest BCUT2D eigenvalue weighted by atomic mass is 16.5. The number of carbonyl (C=O) groups excluding carboxylic acids is 1. The van der Waals surface area contributed by atoms with Gasteiger partial charge in [-0.3, -0.25) is 9.48 Å². The first-order valence-corrected chi connectivity index (χ1v) is 10.7. The van der Waals surface area contributed by atoms with Crippen molar-refractivity contribution in [2.45, 2.75) is 46.1 Å². The second kappa shape index (κ2) is 8.93. The summed E-state index contributed by atoms with van der Waals surface area (Å²) in [6.07, 6.45) is 5.22. The predicted octanol–water partition coefficient (Wildman–Crippen LogP) is 3.77. The lowest BCUT2D eigenvalue weighted by Crippen LogP contribution is -2.38. The standard InChI is InChI=1S/C23H29N5O3/c1-14-12-25-28(4)22(14)23(29)26-17-8-9-20(30-13-18-7-5-6-10-24-18)19(11-17)21-15(2)27-31-16(21)3/h8-9,11-12,18,24H,5-7,10,13H2,1-4H3,(H,26,29)/t18-/m1/s1. The van der Waals surface area contributed by atoms with Crippen molar-refractivity contribution >= 4 is 11.6 Å². The van der Waals surface area contributed by atoms with Crippen LogP contribution in [0.4, 0.5) is 5.69 Å². The number of benzene rings is 1. The highest BCUT2D eigenvalue weighted by Gasteiger charge is 2.20. The van der Waals surface area contributed by atoms with E-state index in [1.807, 2.05) is 39.0 Å². The van der Waals surface area contributed by atoms with E-state index in [1.165, 1.54) is 12.8 Å². The van der Waals surface area contributed by atoms with Gasteiger partial charge in [0.2, 0.25) is 0 Å². The van der Waals surface area contributed by atoms with E-state index >= 15 is 0 Å². The molecular formula is C23H29N5O3. The smallest absolute Gasteiger partial charge is 0.274 e. The minimum absolute atomic E-state index is 0.206. The number of amides is 1. The van der Waals surface area contributed by atoms with E-state index in [-0.39, 0.29) is 5.91 Å². The molecule has 2 aromatic heterocycles. The van der Waals surface area contributed by atoms with Crippen molar-refractivity contribution in [1.29, 1.82) is 0 Å². The summed E-state index contributed by atoms with van der Waals surface area (Å²) in [5.74, 6) is 1.25. The number of carbonyl (C=O) groups is 1. The fraction of sp³-hybridized carbons (Fsp3) is 0.435. The van der Waals surface area contributed by atoms with Crippen LogP contribution in [0.3, 0.4) is 0 Å². The number of rotatable bonds is 6. The molecule has 8 heteroatoms. The van der Waals surface area contributed by atoms with Gasteiger partial charge in [-0.15, -0.1) is 0 Å². The molecule has 3 heterocycles. The second-order valence-electron chi connectivity index (χ2n) is 8.12. The van der Waals surface area contributed by atoms with Crippen molar-refractivity contribution in [3.63, 3.8) is 0 Å². The van der Waals surface area contributed by atoms with E-state index in [9.17, 15) is 4.79 Å². The zero-order chi connectivity index (χ0) is 22.0. The van der Waals surface area contributed by atoms with Gasteiger partial charge in [-0.05, 0) is 63.9 Å². The van der Waals surface area contributed by atoms with Crippen molar-refractivity contribution < 1.29 is 14.1 Å². The van der Waals surface area contributed by atoms with Gasteiger partial charge in [0.15, 0.2) is 0 Å². The second-order valence-corrected chi connectivity index (χ2v) is 8.12. The molecule has 1 amide bonds. The topological polar surface area (TPSA) is 94.2 Å². The van der Waals surface area contributed by atoms with Crippen LogP contribution in [-0.4, -0.2) is 40.0 Å². The molecule has 0 bridgehead atoms. The summed E-state index contributed by atoms with van der Waals surface area (Å²) in [6, 6.07) is 6.02. The lowest BCUT2D eigenvalue weighted by atomic mass is 10.0. The van der Waals surface area contributed by atoms with Crippen LogP contribution in [0.1, 0.15) is 46.8 Å². The predicted molar refractivity (Wildman–Crippen MR) is 118 cm³/mol. The Morgan fingerprint density at radius 2 is 2.16 bits per heavy atom. The molecule has 0 unspecified atom stereocenters. The monoisotopic (exact) mass is 423 g/mol. The Bertz CT molecular complexity index is 1040. The average molecular weight is 424 g/mol. The van der Waals surface area contributed by atoms with Gasteiger partial charge < -0.3 is 19.9 Å². The molecule has 4 rings (SSSR count). The molecule has 1 aromatic carbocycles. The normalized spacial score (nSPS) is 16.3. The van der Waals surface area contributed by atoms with Gasteiger partial charge in [0, 0.05) is 24.3 Å². The molecule has 1 aliphatic heterocycles. The van der Waals surface area contributed by atoms with Crippen molar-refractivity contribution in [3.8, 4) is 16.9 Å². The summed E-state index contributed by atoms with van der Waals surface area (Å²) in [5.41, 5.74) is 4.55. The molecule has 0 aliphatic carbocycles. The van der Waals surface area contributed by atoms with Gasteiger partial charge in [-0.25, -0.2) is 0 Å². The molecule has 2 N–H and O–H groups in total. The maximum atomic E-state index is 12.8. The number of aromatic nitrogens is 3. The van der Waals surface area contributed by atoms with Gasteiger partial charge in [0.05, 0.1) is 17.5 Å². The highest BCUT2D eigenvalue weighted by molar-refractivity contribution is 6.04. The van der Waals surface area contributed by atoms with Gasteiger partial charge in [-0.2, -0.15) is 5.10 Å². The first-order chi connectivity index (χ1) is 14.9. The fourth-order valence-electron chi connectivity index (χ4n) is 4.12. The Hall–Kier alpha value is -3.13. The number of anilines is 1. The Kier molecular flexibility index (Phi) is 6.08. The van der Waals surface area contributed by atoms with E-state index in [1.54, 1.807) is 17.9 Å². The van der Waals surface area contributed by atoms with E-state index < -0.39 is 0 Å². The van der Waals surface area contributed by atoms with Crippen molar-refractivity contribution in [2.24, 2.45) is 7.05 Å². The van der Waals surface area contributed by atoms with Crippen LogP contribution in [0.2, 0.25) is 0 Å². The van der Waals surface area contributed by atoms with Crippen LogP contribution in [0.5, 0.6) is 5.75 Å². The van der Waals surface area contributed by atoms with Crippen molar-refractivity contribution in [3.05, 3.63) is 47.1 Å². The van der Waals surface area contributed by atoms with Crippen LogP contribution in [-0.2, 0) is 7.05 Å². The summed E-state index contributed by atoms with van der Waals surface area (Å²) in [5, 5.41) is 14.7. The van der Waals surface area contributed by atoms with Crippen LogP contribution in [0.15, 0.2) is 28.9 Å². The van der Waals surface area contributed by atoms with Gasteiger partial charge in [-0.1, -0.05) is 11.6 Å². The van der Waals surface area contributed by atoms with E-state index in [0.717, 1.165) is 41.1 Å². The largest absolute Gasteiger partial charge is 0.491 e. The van der Waals surface area contributed by atoms with E-state index in [2.05, 4.69) is 20.9 Å². The quantitative estimate of drug-likeness (QED) is 0.627. The summed E-state index contributed by atoms with van der Waals surface area (Å²) in [4.78, 5) is 12.8. The van der Waals surface area contributed by atoms with Gasteiger partial charge in [0.25, 0.3) is 5.91 Å². The Labute approximate surface area is 182 Å². The molecule has 1 atom stereocenters. The van der Waals surface area contributed by atoms with Crippen LogP contribution in [0.25, 0.3) is 11.1 Å². The van der Waals surface area contributed by atoms with E-state index in [0.29, 0.717) is 29.8 Å². The zero-order valence-electron chi connectivity index (χ0n) is 18.5. The molecule has 31 heavy (non-hydrogen) atoms. The van der Waals surface area contributed by atoms with Crippen LogP contribution in [0, 0.1) is 20.8 Å². The molecular weight excluding hydrogens is 394 g/mol. The number of hydrogen-bond acceptors (Lipinski definition) is 6. The summed E-state index contributed by atoms with van der Waals surface area (Å²) < 4.78 is 13.2. The molecule has 1 fully saturated rings. The van der Waals surface area contributed by atoms with E-state index in [4.69, 9.17) is 9.26 Å². The first-order valence-electron chi connectivity index (χ1n) is 10.7. The summed E-state index contributed by atoms with van der Waals surface area (Å²) in [6.45, 7) is 7.28. The molecule has 1 saturated heterocycles. The molecule has 164 valence electrons. The minimum atomic E-state index is -0.206. The fourth-order valence-corrected chi connectivity index (χ4v) is 4.12. The Balaban J connectivity index is 1.62. The SMILES string of the molecule is Cc1cnn(C)c1C(=O)Nc1ccc(OC[C@H]2CCCCN2)c(-c2c(C)noc2C)c1. The molecule has 3 aromatic rings. The summed E-state index contributed by atoms with van der Waals surface area (Å²) in [7, 11) is 1.76. The third kappa shape index (κ3) is 4.49. The number of nitrogens with one attached hydrogen (secondary N) is 2. The lowest BCUT2D eigenvalue weighted by Gasteiger charge is -2.24. The zero-order valence-corrected chi connectivity index (χ0v) is 18.5. The lowest BCUT2D eigenvalue weighted by molar-refractivity contribution is 0.101. The minimum Gasteiger partial charge on any atom is -0.491 e. The number of aryl methyl sites for hydroxylation is 4. The highest BCUT2D eigenvalue weighted by Crippen LogP contribution is 2.37. The first kappa shape index (κ1) is 21.1. The third-order valence-electron chi connectivity index (χ3n) is 5.73. The molecule has 1 aliphatic rings. The van der Waals surface area contributed by atoms with Crippen molar-refractivity contribution in [1.82, 2.24) is 20.3 Å². The van der Waals surface area contributed by atoms with Crippen molar-refractivity contribution in [2.75, 3.05) is 18.5 Å². The van der Waals surface area contributed by atoms with Gasteiger partial charge >= 0.3 is 0 Å². The number of hydrogen-bond donors (Lipinski definition) is 2. The van der Waals surface area contributed by atoms with Gasteiger partial charge in [0.1, 0.15) is 23.8 Å². The number of nitrogens with zero attached hydrogens (tertiary/aromatic N) is 3. The Morgan fingerprint density at radius 3 is 2.81 bits per heavy atom. The average Bonchev–Trinajstić information content (AvgIpc) is 3.27. The summed E-state index contributed by atoms with van der Waals surface area (Å²) >= 11 is 0. The Morgan fingerprint density at radius 1 is 1.32 bits per heavy atom. The molecule has 0 radical (unpaired) electrons. The maximum Gasteiger partial charge on any atom is 0.274 e.